The molecule has 0 amide bonds. The van der Waals surface area contributed by atoms with Crippen molar-refractivity contribution in [2.75, 3.05) is 0 Å². The molecule has 2 nitrogen and oxygen atoms in total. The lowest BCUT2D eigenvalue weighted by Crippen LogP contribution is -1.86. The largest absolute Gasteiger partial charge is 0.258 e. The van der Waals surface area contributed by atoms with E-state index in [0.29, 0.717) is 5.56 Å². The summed E-state index contributed by atoms with van der Waals surface area (Å²) in [6.07, 6.45) is 1.55. The van der Waals surface area contributed by atoms with E-state index in [-0.39, 0.29) is 3.74 Å². The fourth-order valence-electron chi connectivity index (χ4n) is 0.601. The van der Waals surface area contributed by atoms with E-state index in [4.69, 9.17) is 5.26 Å². The highest BCUT2D eigenvalue weighted by molar-refractivity contribution is 9.24. The average Bonchev–Trinajstić information content (AvgIpc) is 2.05. The summed E-state index contributed by atoms with van der Waals surface area (Å²) in [7, 11) is 0. The predicted molar refractivity (Wildman–Crippen MR) is 49.5 cm³/mol. The lowest BCUT2D eigenvalue weighted by Gasteiger charge is -1.98. The van der Waals surface area contributed by atoms with Crippen molar-refractivity contribution in [3.8, 4) is 6.07 Å². The molecule has 1 aromatic rings. The fourth-order valence-corrected chi connectivity index (χ4v) is 1.14. The van der Waals surface area contributed by atoms with E-state index >= 15 is 0 Å². The van der Waals surface area contributed by atoms with Crippen LogP contribution in [0.5, 0.6) is 0 Å². The van der Waals surface area contributed by atoms with Crippen LogP contribution in [0, 0.1) is 11.3 Å². The van der Waals surface area contributed by atoms with Crippen molar-refractivity contribution in [1.29, 1.82) is 5.26 Å². The van der Waals surface area contributed by atoms with Gasteiger partial charge in [0.2, 0.25) is 0 Å². The Labute approximate surface area is 81.5 Å². The number of hydrogen-bond donors (Lipinski definition) is 0. The van der Waals surface area contributed by atoms with Gasteiger partial charge in [-0.3, -0.25) is 4.98 Å². The summed E-state index contributed by atoms with van der Waals surface area (Å²) in [5.74, 6) is 0. The van der Waals surface area contributed by atoms with E-state index in [2.05, 4.69) is 36.8 Å². The number of aromatic nitrogens is 1. The Bertz CT molecular complexity index is 273. The van der Waals surface area contributed by atoms with Crippen molar-refractivity contribution in [3.05, 3.63) is 29.6 Å². The standard InChI is InChI=1S/C7H4Br2N2/c8-7(9)6-2-1-5(3-10)4-11-6/h1-2,4,7H. The highest BCUT2D eigenvalue weighted by Crippen LogP contribution is 2.26. The van der Waals surface area contributed by atoms with Crippen molar-refractivity contribution < 1.29 is 0 Å². The Morgan fingerprint density at radius 3 is 2.55 bits per heavy atom. The number of rotatable bonds is 1. The maximum atomic E-state index is 8.45. The molecular weight excluding hydrogens is 272 g/mol. The summed E-state index contributed by atoms with van der Waals surface area (Å²) in [6.45, 7) is 0. The molecule has 0 saturated heterocycles. The first kappa shape index (κ1) is 8.69. The Balaban J connectivity index is 2.94. The molecule has 0 fully saturated rings. The quantitative estimate of drug-likeness (QED) is 0.739. The molecule has 0 aliphatic carbocycles. The Kier molecular flexibility index (Phi) is 3.03. The maximum absolute atomic E-state index is 8.45. The molecule has 1 aromatic heterocycles. The van der Waals surface area contributed by atoms with E-state index < -0.39 is 0 Å². The van der Waals surface area contributed by atoms with Gasteiger partial charge in [0.15, 0.2) is 0 Å². The van der Waals surface area contributed by atoms with Crippen LogP contribution in [-0.2, 0) is 0 Å². The summed E-state index contributed by atoms with van der Waals surface area (Å²) in [4.78, 5) is 4.03. The molecule has 1 rings (SSSR count). The lowest BCUT2D eigenvalue weighted by molar-refractivity contribution is 1.17. The van der Waals surface area contributed by atoms with Gasteiger partial charge in [-0.05, 0) is 12.1 Å². The molecule has 0 radical (unpaired) electrons. The maximum Gasteiger partial charge on any atom is 0.112 e. The molecule has 0 N–H and O–H groups in total. The zero-order valence-corrected chi connectivity index (χ0v) is 8.63. The molecule has 0 spiro atoms. The Hall–Kier alpha value is -0.400. The summed E-state index contributed by atoms with van der Waals surface area (Å²) < 4.78 is 0.0581. The summed E-state index contributed by atoms with van der Waals surface area (Å²) in [5.41, 5.74) is 1.44. The molecule has 0 aliphatic heterocycles. The van der Waals surface area contributed by atoms with Crippen LogP contribution in [0.2, 0.25) is 0 Å². The molecule has 1 heterocycles. The second kappa shape index (κ2) is 3.84. The molecule has 0 saturated carbocycles. The zero-order chi connectivity index (χ0) is 8.27. The minimum atomic E-state index is 0.0581. The molecule has 0 unspecified atom stereocenters. The first-order chi connectivity index (χ1) is 5.24. The van der Waals surface area contributed by atoms with Crippen LogP contribution in [0.4, 0.5) is 0 Å². The molecule has 4 heteroatoms. The first-order valence-electron chi connectivity index (χ1n) is 2.88. The van der Waals surface area contributed by atoms with E-state index in [9.17, 15) is 0 Å². The van der Waals surface area contributed by atoms with Gasteiger partial charge in [0, 0.05) is 6.20 Å². The van der Waals surface area contributed by atoms with Crippen LogP contribution in [-0.4, -0.2) is 4.98 Å². The Morgan fingerprint density at radius 2 is 2.18 bits per heavy atom. The van der Waals surface area contributed by atoms with Crippen molar-refractivity contribution >= 4 is 31.9 Å². The van der Waals surface area contributed by atoms with Crippen LogP contribution in [0.1, 0.15) is 15.0 Å². The lowest BCUT2D eigenvalue weighted by atomic mass is 10.3. The summed E-state index contributed by atoms with van der Waals surface area (Å²) in [6, 6.07) is 5.53. The highest BCUT2D eigenvalue weighted by atomic mass is 79.9. The van der Waals surface area contributed by atoms with Gasteiger partial charge in [-0.25, -0.2) is 0 Å². The minimum absolute atomic E-state index is 0.0581. The van der Waals surface area contributed by atoms with Crippen molar-refractivity contribution in [1.82, 2.24) is 4.98 Å². The normalized spacial score (nSPS) is 9.64. The molecular formula is C7H4Br2N2. The third-order valence-electron chi connectivity index (χ3n) is 1.14. The van der Waals surface area contributed by atoms with Crippen LogP contribution in [0.3, 0.4) is 0 Å². The van der Waals surface area contributed by atoms with Gasteiger partial charge in [-0.1, -0.05) is 31.9 Å². The van der Waals surface area contributed by atoms with Crippen LogP contribution < -0.4 is 0 Å². The minimum Gasteiger partial charge on any atom is -0.258 e. The van der Waals surface area contributed by atoms with E-state index in [1.807, 2.05) is 6.07 Å². The number of alkyl halides is 2. The predicted octanol–water partition coefficient (Wildman–Crippen LogP) is 2.74. The number of nitriles is 1. The molecule has 0 atom stereocenters. The van der Waals surface area contributed by atoms with Crippen LogP contribution in [0.15, 0.2) is 18.3 Å². The van der Waals surface area contributed by atoms with Crippen molar-refractivity contribution in [2.45, 2.75) is 3.74 Å². The number of nitrogens with zero attached hydrogens (tertiary/aromatic N) is 2. The number of hydrogen-bond acceptors (Lipinski definition) is 2. The van der Waals surface area contributed by atoms with E-state index in [1.54, 1.807) is 18.3 Å². The molecule has 56 valence electrons. The van der Waals surface area contributed by atoms with Gasteiger partial charge in [-0.15, -0.1) is 0 Å². The molecule has 0 bridgehead atoms. The second-order valence-electron chi connectivity index (χ2n) is 1.88. The van der Waals surface area contributed by atoms with Gasteiger partial charge in [0.05, 0.1) is 11.3 Å². The highest BCUT2D eigenvalue weighted by Gasteiger charge is 2.02. The smallest absolute Gasteiger partial charge is 0.112 e. The summed E-state index contributed by atoms with van der Waals surface area (Å²) in [5, 5.41) is 8.45. The first-order valence-corrected chi connectivity index (χ1v) is 4.71. The third-order valence-corrected chi connectivity index (χ3v) is 2.08. The molecule has 0 aliphatic rings. The monoisotopic (exact) mass is 274 g/mol. The van der Waals surface area contributed by atoms with Crippen molar-refractivity contribution in [3.63, 3.8) is 0 Å². The van der Waals surface area contributed by atoms with Gasteiger partial charge in [-0.2, -0.15) is 5.26 Å². The van der Waals surface area contributed by atoms with E-state index in [1.165, 1.54) is 0 Å². The van der Waals surface area contributed by atoms with Crippen LogP contribution >= 0.6 is 31.9 Å². The fraction of sp³-hybridized carbons (Fsp3) is 0.143. The third kappa shape index (κ3) is 2.28. The van der Waals surface area contributed by atoms with Gasteiger partial charge >= 0.3 is 0 Å². The average molecular weight is 276 g/mol. The summed E-state index contributed by atoms with van der Waals surface area (Å²) >= 11 is 6.60. The van der Waals surface area contributed by atoms with Gasteiger partial charge in [0.25, 0.3) is 0 Å². The van der Waals surface area contributed by atoms with Crippen LogP contribution in [0.25, 0.3) is 0 Å². The Morgan fingerprint density at radius 1 is 1.45 bits per heavy atom. The molecule has 0 aromatic carbocycles. The van der Waals surface area contributed by atoms with Gasteiger partial charge in [0.1, 0.15) is 9.81 Å². The van der Waals surface area contributed by atoms with Crippen molar-refractivity contribution in [2.24, 2.45) is 0 Å². The van der Waals surface area contributed by atoms with Gasteiger partial charge < -0.3 is 0 Å². The second-order valence-corrected chi connectivity index (χ2v) is 4.94. The SMILES string of the molecule is N#Cc1ccc(C(Br)Br)nc1. The zero-order valence-electron chi connectivity index (χ0n) is 5.46. The molecule has 11 heavy (non-hydrogen) atoms. The van der Waals surface area contributed by atoms with E-state index in [0.717, 1.165) is 5.69 Å². The topological polar surface area (TPSA) is 36.7 Å². The number of halogens is 2. The number of pyridine rings is 1.